The van der Waals surface area contributed by atoms with Gasteiger partial charge in [0, 0.05) is 22.5 Å². The summed E-state index contributed by atoms with van der Waals surface area (Å²) >= 11 is 3.52. The second kappa shape index (κ2) is 6.61. The lowest BCUT2D eigenvalue weighted by Crippen LogP contribution is -2.17. The van der Waals surface area contributed by atoms with Gasteiger partial charge < -0.3 is 10.2 Å². The van der Waals surface area contributed by atoms with Crippen molar-refractivity contribution in [3.05, 3.63) is 27.7 Å². The zero-order valence-electron chi connectivity index (χ0n) is 13.3. The van der Waals surface area contributed by atoms with Crippen molar-refractivity contribution in [3.63, 3.8) is 0 Å². The van der Waals surface area contributed by atoms with E-state index in [0.717, 1.165) is 22.5 Å². The molecular weight excluding hydrogens is 320 g/mol. The molecule has 1 aromatic carbocycles. The van der Waals surface area contributed by atoms with E-state index in [1.807, 2.05) is 12.1 Å². The Bertz CT molecular complexity index is 440. The lowest BCUT2D eigenvalue weighted by Gasteiger charge is -2.27. The lowest BCUT2D eigenvalue weighted by molar-refractivity contribution is -0.134. The van der Waals surface area contributed by atoms with E-state index in [0.29, 0.717) is 5.75 Å². The van der Waals surface area contributed by atoms with E-state index in [1.165, 1.54) is 0 Å². The molecule has 0 aromatic heterocycles. The Morgan fingerprint density at radius 3 is 1.45 bits per heavy atom. The topological polar surface area (TPSA) is 57.5 Å². The summed E-state index contributed by atoms with van der Waals surface area (Å²) < 4.78 is 1.03. The first-order valence-electron chi connectivity index (χ1n) is 6.50. The first kappa shape index (κ1) is 19.0. The van der Waals surface area contributed by atoms with E-state index in [-0.39, 0.29) is 10.8 Å². The van der Waals surface area contributed by atoms with Crippen molar-refractivity contribution < 1.29 is 15.0 Å². The van der Waals surface area contributed by atoms with Gasteiger partial charge in [0.05, 0.1) is 0 Å². The molecule has 0 saturated heterocycles. The summed E-state index contributed by atoms with van der Waals surface area (Å²) in [6, 6.07) is 4.01. The van der Waals surface area contributed by atoms with Crippen LogP contribution >= 0.6 is 15.9 Å². The largest absolute Gasteiger partial charge is 0.507 e. The molecule has 2 N–H and O–H groups in total. The average Bonchev–Trinajstić information content (AvgIpc) is 2.16. The van der Waals surface area contributed by atoms with Crippen LogP contribution in [0.4, 0.5) is 0 Å². The smallest absolute Gasteiger partial charge is 0.300 e. The normalized spacial score (nSPS) is 11.6. The fourth-order valence-corrected chi connectivity index (χ4v) is 2.20. The van der Waals surface area contributed by atoms with Crippen LogP contribution in [0.2, 0.25) is 0 Å². The maximum absolute atomic E-state index is 10.4. The first-order valence-corrected chi connectivity index (χ1v) is 7.29. The zero-order chi connectivity index (χ0) is 16.3. The van der Waals surface area contributed by atoms with Crippen LogP contribution in [-0.4, -0.2) is 16.2 Å². The molecule has 0 atom stereocenters. The van der Waals surface area contributed by atoms with Crippen molar-refractivity contribution in [2.45, 2.75) is 59.3 Å². The molecule has 0 aliphatic heterocycles. The number of carboxylic acid groups (broad SMARTS) is 1. The highest BCUT2D eigenvalue weighted by Gasteiger charge is 2.25. The fourth-order valence-electron chi connectivity index (χ4n) is 1.74. The molecule has 114 valence electrons. The minimum Gasteiger partial charge on any atom is -0.507 e. The van der Waals surface area contributed by atoms with Gasteiger partial charge in [-0.3, -0.25) is 4.79 Å². The molecule has 0 bridgehead atoms. The zero-order valence-corrected chi connectivity index (χ0v) is 14.9. The highest BCUT2D eigenvalue weighted by molar-refractivity contribution is 9.10. The Balaban J connectivity index is 0.000000796. The van der Waals surface area contributed by atoms with E-state index < -0.39 is 5.97 Å². The van der Waals surface area contributed by atoms with Gasteiger partial charge in [-0.15, -0.1) is 0 Å². The third-order valence-corrected chi connectivity index (χ3v) is 3.15. The van der Waals surface area contributed by atoms with Crippen molar-refractivity contribution in [2.75, 3.05) is 0 Å². The van der Waals surface area contributed by atoms with Crippen LogP contribution in [0, 0.1) is 0 Å². The number of hydrogen-bond donors (Lipinski definition) is 2. The Morgan fingerprint density at radius 2 is 1.25 bits per heavy atom. The monoisotopic (exact) mass is 344 g/mol. The molecule has 0 heterocycles. The van der Waals surface area contributed by atoms with Crippen LogP contribution in [0.15, 0.2) is 16.6 Å². The van der Waals surface area contributed by atoms with Crippen LogP contribution < -0.4 is 0 Å². The molecule has 0 fully saturated rings. The minimum atomic E-state index is -0.833. The predicted molar refractivity (Wildman–Crippen MR) is 86.5 cm³/mol. The van der Waals surface area contributed by atoms with Gasteiger partial charge in [-0.1, -0.05) is 57.5 Å². The average molecular weight is 345 g/mol. The number of halogens is 1. The SMILES string of the molecule is CC(=O)O.CC(C)(C)c1cc(Br)cc(C(C)(C)C)c1O. The Kier molecular flexibility index (Phi) is 6.27. The molecule has 4 heteroatoms. The Morgan fingerprint density at radius 1 is 1.00 bits per heavy atom. The van der Waals surface area contributed by atoms with Crippen molar-refractivity contribution >= 4 is 21.9 Å². The van der Waals surface area contributed by atoms with Crippen LogP contribution in [0.25, 0.3) is 0 Å². The highest BCUT2D eigenvalue weighted by Crippen LogP contribution is 2.40. The van der Waals surface area contributed by atoms with Crippen molar-refractivity contribution in [1.29, 1.82) is 0 Å². The molecule has 1 aromatic rings. The number of aromatic hydroxyl groups is 1. The van der Waals surface area contributed by atoms with Crippen molar-refractivity contribution in [3.8, 4) is 5.75 Å². The van der Waals surface area contributed by atoms with Crippen LogP contribution in [0.3, 0.4) is 0 Å². The minimum absolute atomic E-state index is 0.0478. The summed E-state index contributed by atoms with van der Waals surface area (Å²) in [5.74, 6) is -0.400. The van der Waals surface area contributed by atoms with Crippen LogP contribution in [-0.2, 0) is 15.6 Å². The van der Waals surface area contributed by atoms with E-state index in [9.17, 15) is 5.11 Å². The molecule has 1 rings (SSSR count). The third kappa shape index (κ3) is 5.95. The van der Waals surface area contributed by atoms with E-state index in [4.69, 9.17) is 9.90 Å². The van der Waals surface area contributed by atoms with Crippen molar-refractivity contribution in [2.24, 2.45) is 0 Å². The van der Waals surface area contributed by atoms with Gasteiger partial charge >= 0.3 is 0 Å². The number of carbonyl (C=O) groups is 1. The summed E-state index contributed by atoms with van der Waals surface area (Å²) in [5, 5.41) is 17.8. The second-order valence-corrected chi connectivity index (χ2v) is 7.78. The maximum Gasteiger partial charge on any atom is 0.300 e. The molecule has 0 amide bonds. The number of phenolic OH excluding ortho intramolecular Hbond substituents is 1. The molecule has 0 aliphatic carbocycles. The summed E-state index contributed by atoms with van der Waals surface area (Å²) in [7, 11) is 0. The van der Waals surface area contributed by atoms with Gasteiger partial charge in [-0.2, -0.15) is 0 Å². The molecular formula is C16H25BrO3. The van der Waals surface area contributed by atoms with Gasteiger partial charge in [0.25, 0.3) is 5.97 Å². The first-order chi connectivity index (χ1) is 8.76. The second-order valence-electron chi connectivity index (χ2n) is 6.87. The Hall–Kier alpha value is -1.03. The van der Waals surface area contributed by atoms with Gasteiger partial charge in [0.1, 0.15) is 5.75 Å². The molecule has 0 saturated carbocycles. The fraction of sp³-hybridized carbons (Fsp3) is 0.562. The van der Waals surface area contributed by atoms with Crippen LogP contribution in [0.5, 0.6) is 5.75 Å². The number of benzene rings is 1. The molecule has 3 nitrogen and oxygen atoms in total. The van der Waals surface area contributed by atoms with Gasteiger partial charge in [0.2, 0.25) is 0 Å². The summed E-state index contributed by atoms with van der Waals surface area (Å²) in [4.78, 5) is 9.00. The van der Waals surface area contributed by atoms with E-state index in [2.05, 4.69) is 57.5 Å². The van der Waals surface area contributed by atoms with E-state index >= 15 is 0 Å². The molecule has 0 aliphatic rings. The lowest BCUT2D eigenvalue weighted by atomic mass is 9.79. The highest BCUT2D eigenvalue weighted by atomic mass is 79.9. The Labute approximate surface area is 130 Å². The standard InChI is InChI=1S/C14H21BrO.C2H4O2/c1-13(2,3)10-7-9(15)8-11(12(10)16)14(4,5)6;1-2(3)4/h7-8,16H,1-6H3;1H3,(H,3,4). The number of rotatable bonds is 0. The third-order valence-electron chi connectivity index (χ3n) is 2.69. The summed E-state index contributed by atoms with van der Waals surface area (Å²) in [5.41, 5.74) is 1.89. The summed E-state index contributed by atoms with van der Waals surface area (Å²) in [6.45, 7) is 13.8. The number of hydrogen-bond acceptors (Lipinski definition) is 2. The summed E-state index contributed by atoms with van der Waals surface area (Å²) in [6.07, 6.45) is 0. The van der Waals surface area contributed by atoms with Gasteiger partial charge in [-0.25, -0.2) is 0 Å². The molecule has 0 unspecified atom stereocenters. The molecule has 0 spiro atoms. The van der Waals surface area contributed by atoms with Crippen LogP contribution in [0.1, 0.15) is 59.6 Å². The van der Waals surface area contributed by atoms with E-state index in [1.54, 1.807) is 0 Å². The number of aliphatic carboxylic acids is 1. The maximum atomic E-state index is 10.4. The van der Waals surface area contributed by atoms with Gasteiger partial charge in [-0.05, 0) is 23.0 Å². The predicted octanol–water partition coefficient (Wildman–Crippen LogP) is 4.84. The van der Waals surface area contributed by atoms with Crippen molar-refractivity contribution in [1.82, 2.24) is 0 Å². The molecule has 0 radical (unpaired) electrons. The van der Waals surface area contributed by atoms with Gasteiger partial charge in [0.15, 0.2) is 0 Å². The quantitative estimate of drug-likeness (QED) is 0.707. The number of phenols is 1. The number of carboxylic acids is 1. The molecule has 20 heavy (non-hydrogen) atoms.